The number of nitrogens with one attached hydrogen (secondary N) is 2. The molecular weight excluding hydrogens is 338 g/mol. The quantitative estimate of drug-likeness (QED) is 0.582. The summed E-state index contributed by atoms with van der Waals surface area (Å²) >= 11 is 0. The number of nitriles is 1. The SMILES string of the molecule is Cc1c(C(=O)Nc2ccc3[nH]nc(-c4ccccc4)c3c2)cc(C#N)n1C. The predicted molar refractivity (Wildman–Crippen MR) is 104 cm³/mol. The maximum Gasteiger partial charge on any atom is 0.257 e. The third-order valence-corrected chi connectivity index (χ3v) is 4.76. The van der Waals surface area contributed by atoms with Crippen molar-refractivity contribution in [1.29, 1.82) is 5.26 Å². The first-order valence-corrected chi connectivity index (χ1v) is 8.50. The summed E-state index contributed by atoms with van der Waals surface area (Å²) in [4.78, 5) is 12.7. The summed E-state index contributed by atoms with van der Waals surface area (Å²) in [5, 5.41) is 20.4. The monoisotopic (exact) mass is 355 g/mol. The van der Waals surface area contributed by atoms with Crippen molar-refractivity contribution in [1.82, 2.24) is 14.8 Å². The molecule has 2 aromatic carbocycles. The van der Waals surface area contributed by atoms with Gasteiger partial charge in [0.1, 0.15) is 11.8 Å². The molecule has 0 aliphatic heterocycles. The molecule has 0 radical (unpaired) electrons. The highest BCUT2D eigenvalue weighted by Crippen LogP contribution is 2.28. The highest BCUT2D eigenvalue weighted by Gasteiger charge is 2.16. The Bertz CT molecular complexity index is 1190. The zero-order valence-electron chi connectivity index (χ0n) is 14.9. The third kappa shape index (κ3) is 2.85. The minimum absolute atomic E-state index is 0.242. The number of carbonyl (C=O) groups excluding carboxylic acids is 1. The first-order chi connectivity index (χ1) is 13.1. The van der Waals surface area contributed by atoms with Gasteiger partial charge in [0, 0.05) is 29.4 Å². The van der Waals surface area contributed by atoms with Crippen LogP contribution in [0.15, 0.2) is 54.6 Å². The number of anilines is 1. The zero-order valence-corrected chi connectivity index (χ0v) is 14.9. The first kappa shape index (κ1) is 16.6. The highest BCUT2D eigenvalue weighted by atomic mass is 16.1. The fraction of sp³-hybridized carbons (Fsp3) is 0.0952. The lowest BCUT2D eigenvalue weighted by Gasteiger charge is -2.06. The summed E-state index contributed by atoms with van der Waals surface area (Å²) in [6, 6.07) is 19.2. The smallest absolute Gasteiger partial charge is 0.257 e. The summed E-state index contributed by atoms with van der Waals surface area (Å²) in [6.07, 6.45) is 0. The number of aromatic nitrogens is 3. The normalized spacial score (nSPS) is 10.7. The lowest BCUT2D eigenvalue weighted by molar-refractivity contribution is 0.102. The number of amides is 1. The van der Waals surface area contributed by atoms with Crippen LogP contribution in [0.5, 0.6) is 0 Å². The van der Waals surface area contributed by atoms with Crippen LogP contribution in [-0.4, -0.2) is 20.7 Å². The lowest BCUT2D eigenvalue weighted by atomic mass is 10.1. The molecule has 4 aromatic rings. The second kappa shape index (κ2) is 6.46. The molecule has 6 nitrogen and oxygen atoms in total. The van der Waals surface area contributed by atoms with Gasteiger partial charge in [-0.2, -0.15) is 10.4 Å². The number of carbonyl (C=O) groups is 1. The summed E-state index contributed by atoms with van der Waals surface area (Å²) in [6.45, 7) is 1.82. The predicted octanol–water partition coefficient (Wildman–Crippen LogP) is 4.00. The van der Waals surface area contributed by atoms with Crippen molar-refractivity contribution in [2.24, 2.45) is 7.05 Å². The Morgan fingerprint density at radius 3 is 2.67 bits per heavy atom. The van der Waals surface area contributed by atoms with E-state index in [1.165, 1.54) is 0 Å². The van der Waals surface area contributed by atoms with Crippen LogP contribution in [-0.2, 0) is 7.05 Å². The standard InChI is InChI=1S/C21H17N5O/c1-13-17(11-16(12-22)26(13)2)21(27)23-15-8-9-19-18(10-15)20(25-24-19)14-6-4-3-5-7-14/h3-11H,1-2H3,(H,23,27)(H,24,25). The van der Waals surface area contributed by atoms with Crippen molar-refractivity contribution < 1.29 is 4.79 Å². The van der Waals surface area contributed by atoms with Crippen molar-refractivity contribution in [3.8, 4) is 17.3 Å². The topological polar surface area (TPSA) is 86.5 Å². The Hall–Kier alpha value is -3.85. The van der Waals surface area contributed by atoms with E-state index in [0.29, 0.717) is 16.9 Å². The second-order valence-corrected chi connectivity index (χ2v) is 6.35. The molecule has 4 rings (SSSR count). The van der Waals surface area contributed by atoms with Gasteiger partial charge >= 0.3 is 0 Å². The van der Waals surface area contributed by atoms with Crippen LogP contribution < -0.4 is 5.32 Å². The Morgan fingerprint density at radius 1 is 1.19 bits per heavy atom. The van der Waals surface area contributed by atoms with E-state index in [9.17, 15) is 4.79 Å². The Balaban J connectivity index is 1.69. The van der Waals surface area contributed by atoms with Gasteiger partial charge in [0.2, 0.25) is 0 Å². The Morgan fingerprint density at radius 2 is 1.96 bits per heavy atom. The summed E-state index contributed by atoms with van der Waals surface area (Å²) in [5.74, 6) is -0.242. The van der Waals surface area contributed by atoms with Crippen molar-refractivity contribution in [3.63, 3.8) is 0 Å². The van der Waals surface area contributed by atoms with E-state index >= 15 is 0 Å². The average molecular weight is 355 g/mol. The van der Waals surface area contributed by atoms with Crippen LogP contribution in [0, 0.1) is 18.3 Å². The number of aromatic amines is 1. The molecule has 6 heteroatoms. The van der Waals surface area contributed by atoms with Crippen LogP contribution in [0.4, 0.5) is 5.69 Å². The van der Waals surface area contributed by atoms with Gasteiger partial charge in [0.05, 0.1) is 16.8 Å². The molecule has 0 aliphatic carbocycles. The molecule has 0 bridgehead atoms. The number of rotatable bonds is 3. The minimum atomic E-state index is -0.242. The zero-order chi connectivity index (χ0) is 19.0. The molecule has 0 fully saturated rings. The van der Waals surface area contributed by atoms with E-state index in [0.717, 1.165) is 27.9 Å². The molecule has 2 aromatic heterocycles. The van der Waals surface area contributed by atoms with Gasteiger partial charge in [0.15, 0.2) is 0 Å². The summed E-state index contributed by atoms with van der Waals surface area (Å²) < 4.78 is 1.71. The van der Waals surface area contributed by atoms with Crippen molar-refractivity contribution >= 4 is 22.5 Å². The maximum atomic E-state index is 12.7. The summed E-state index contributed by atoms with van der Waals surface area (Å²) in [5.41, 5.74) is 5.11. The van der Waals surface area contributed by atoms with E-state index in [1.807, 2.05) is 55.5 Å². The lowest BCUT2D eigenvalue weighted by Crippen LogP contribution is -2.12. The van der Waals surface area contributed by atoms with Gasteiger partial charge in [-0.3, -0.25) is 9.89 Å². The summed E-state index contributed by atoms with van der Waals surface area (Å²) in [7, 11) is 1.77. The maximum absolute atomic E-state index is 12.7. The molecule has 2 N–H and O–H groups in total. The highest BCUT2D eigenvalue weighted by molar-refractivity contribution is 6.07. The molecule has 132 valence electrons. The molecule has 0 saturated heterocycles. The van der Waals surface area contributed by atoms with Crippen LogP contribution >= 0.6 is 0 Å². The van der Waals surface area contributed by atoms with Gasteiger partial charge < -0.3 is 9.88 Å². The Labute approximate surface area is 156 Å². The van der Waals surface area contributed by atoms with Crippen LogP contribution in [0.1, 0.15) is 21.7 Å². The van der Waals surface area contributed by atoms with Crippen molar-refractivity contribution in [2.75, 3.05) is 5.32 Å². The average Bonchev–Trinajstić information content (AvgIpc) is 3.23. The third-order valence-electron chi connectivity index (χ3n) is 4.76. The molecule has 0 spiro atoms. The van der Waals surface area contributed by atoms with E-state index in [4.69, 9.17) is 5.26 Å². The number of benzene rings is 2. The van der Waals surface area contributed by atoms with Crippen LogP contribution in [0.3, 0.4) is 0 Å². The van der Waals surface area contributed by atoms with Gasteiger partial charge in [-0.15, -0.1) is 0 Å². The van der Waals surface area contributed by atoms with E-state index < -0.39 is 0 Å². The van der Waals surface area contributed by atoms with Gasteiger partial charge in [-0.25, -0.2) is 0 Å². The molecule has 27 heavy (non-hydrogen) atoms. The van der Waals surface area contributed by atoms with Crippen LogP contribution in [0.2, 0.25) is 0 Å². The minimum Gasteiger partial charge on any atom is -0.339 e. The number of nitrogens with zero attached hydrogens (tertiary/aromatic N) is 3. The van der Waals surface area contributed by atoms with E-state index in [1.54, 1.807) is 17.7 Å². The molecule has 0 unspecified atom stereocenters. The number of hydrogen-bond acceptors (Lipinski definition) is 3. The number of H-pyrrole nitrogens is 1. The number of fused-ring (bicyclic) bond motifs is 1. The van der Waals surface area contributed by atoms with E-state index in [-0.39, 0.29) is 5.91 Å². The first-order valence-electron chi connectivity index (χ1n) is 8.50. The van der Waals surface area contributed by atoms with E-state index in [2.05, 4.69) is 21.6 Å². The Kier molecular flexibility index (Phi) is 3.98. The van der Waals surface area contributed by atoms with Crippen LogP contribution in [0.25, 0.3) is 22.2 Å². The fourth-order valence-corrected chi connectivity index (χ4v) is 3.14. The fourth-order valence-electron chi connectivity index (χ4n) is 3.14. The molecular formula is C21H17N5O. The molecule has 0 aliphatic rings. The van der Waals surface area contributed by atoms with Gasteiger partial charge in [-0.05, 0) is 31.2 Å². The number of hydrogen-bond donors (Lipinski definition) is 2. The molecule has 0 atom stereocenters. The molecule has 0 saturated carbocycles. The van der Waals surface area contributed by atoms with Gasteiger partial charge in [0.25, 0.3) is 5.91 Å². The molecule has 2 heterocycles. The van der Waals surface area contributed by atoms with Crippen molar-refractivity contribution in [2.45, 2.75) is 6.92 Å². The van der Waals surface area contributed by atoms with Gasteiger partial charge in [-0.1, -0.05) is 30.3 Å². The van der Waals surface area contributed by atoms with Crippen molar-refractivity contribution in [3.05, 3.63) is 71.5 Å². The largest absolute Gasteiger partial charge is 0.339 e. The second-order valence-electron chi connectivity index (χ2n) is 6.35. The molecule has 1 amide bonds.